The average molecular weight is 1130 g/mol. The maximum atomic E-state index is 17.2. The topological polar surface area (TPSA) is 216 Å². The van der Waals surface area contributed by atoms with Gasteiger partial charge in [-0.05, 0) is 117 Å². The van der Waals surface area contributed by atoms with E-state index in [0.717, 1.165) is 109 Å². The van der Waals surface area contributed by atoms with Crippen molar-refractivity contribution in [1.82, 2.24) is 45.5 Å². The van der Waals surface area contributed by atoms with Gasteiger partial charge in [-0.15, -0.1) is 11.3 Å². The molecule has 5 aliphatic heterocycles. The van der Waals surface area contributed by atoms with Crippen LogP contribution in [0.2, 0.25) is 0 Å². The van der Waals surface area contributed by atoms with Crippen molar-refractivity contribution < 1.29 is 38.2 Å². The van der Waals surface area contributed by atoms with Crippen molar-refractivity contribution in [2.45, 2.75) is 121 Å². The molecule has 20 heteroatoms. The van der Waals surface area contributed by atoms with Crippen LogP contribution >= 0.6 is 11.3 Å². The highest BCUT2D eigenvalue weighted by Crippen LogP contribution is 2.42. The number of anilines is 2. The van der Waals surface area contributed by atoms with Gasteiger partial charge in [0.05, 0.1) is 33.6 Å². The van der Waals surface area contributed by atoms with Crippen LogP contribution in [0.4, 0.5) is 16.0 Å². The molecular weight excluding hydrogens is 1060 g/mol. The van der Waals surface area contributed by atoms with Crippen LogP contribution in [0.25, 0.3) is 43.4 Å². The number of aryl methyl sites for hydroxylation is 2. The highest BCUT2D eigenvalue weighted by atomic mass is 32.1. The second-order valence-corrected chi connectivity index (χ2v) is 25.0. The van der Waals surface area contributed by atoms with Gasteiger partial charge in [0.2, 0.25) is 12.3 Å². The number of aromatic nitrogens is 5. The molecule has 2 amide bonds. The minimum Gasteiger partial charge on any atom is -0.508 e. The summed E-state index contributed by atoms with van der Waals surface area (Å²) in [4.78, 5) is 68.9. The number of rotatable bonds is 19. The van der Waals surface area contributed by atoms with Crippen molar-refractivity contribution in [2.75, 3.05) is 68.8 Å². The molecule has 0 saturated carbocycles. The molecule has 7 aromatic rings. The van der Waals surface area contributed by atoms with Crippen LogP contribution in [0.1, 0.15) is 101 Å². The van der Waals surface area contributed by atoms with Gasteiger partial charge >= 0.3 is 6.01 Å². The highest BCUT2D eigenvalue weighted by Gasteiger charge is 2.52. The maximum absolute atomic E-state index is 17.2. The van der Waals surface area contributed by atoms with Crippen molar-refractivity contribution >= 4 is 62.7 Å². The first-order chi connectivity index (χ1) is 39.6. The Morgan fingerprint density at radius 1 is 1.00 bits per heavy atom. The molecule has 5 fully saturated rings. The number of nitrogens with zero attached hydrogens (tertiary/aromatic N) is 9. The summed E-state index contributed by atoms with van der Waals surface area (Å²) in [6.45, 7) is 15.6. The Balaban J connectivity index is 0.642. The largest absolute Gasteiger partial charge is 0.508 e. The number of phenolic OH excluding ortho intramolecular Hbond substituents is 1. The number of thiazole rings is 1. The van der Waals surface area contributed by atoms with Gasteiger partial charge in [-0.1, -0.05) is 68.4 Å². The average Bonchev–Trinajstić information content (AvgIpc) is 4.38. The zero-order valence-corrected chi connectivity index (χ0v) is 48.1. The number of ether oxygens (including phenoxy) is 1. The fourth-order valence-electron chi connectivity index (χ4n) is 13.4. The minimum absolute atomic E-state index is 0.000610. The molecular formula is C62H72FN11O7S. The van der Waals surface area contributed by atoms with Crippen molar-refractivity contribution in [3.8, 4) is 33.5 Å². The molecule has 3 unspecified atom stereocenters. The standard InChI is InChI=1S/C62H72FN11O7S/c1-6-40-8-7-9-43-23-46(76)24-48(53(40)43)55-54(63)56-49(29-64-55)58(73-32-44-14-15-45(33-73)74(44)35-75)69-60(68-56)80-21-20-71-18-16-38(17-19-71)22-39-30-72(31-39)52-25-51(81-70-52)61(4,5)27-50(78)62(26-47(77)28-66-62)59(79)67-36(2)41-10-12-42(13-11-41)57-37(3)65-34-82-57/h7-13,23-25,29,34-36,38-39,44-45,47,66,76-77H,6,14-22,26-28,30-33H2,1-5H3,(H,67,79)/t36-,44?,45?,47?,62+/m0/s1. The number of nitrogens with one attached hydrogen (secondary N) is 2. The van der Waals surface area contributed by atoms with Gasteiger partial charge in [0, 0.05) is 87.4 Å². The molecule has 5 atom stereocenters. The third-order valence-electron chi connectivity index (χ3n) is 18.2. The van der Waals surface area contributed by atoms with E-state index in [1.807, 2.05) is 93.6 Å². The normalized spacial score (nSPS) is 22.0. The first-order valence-electron chi connectivity index (χ1n) is 29.0. The molecule has 9 heterocycles. The van der Waals surface area contributed by atoms with E-state index in [-0.39, 0.29) is 66.3 Å². The molecule has 3 aromatic carbocycles. The number of amides is 2. The molecule has 0 spiro atoms. The van der Waals surface area contributed by atoms with Gasteiger partial charge in [0.15, 0.2) is 23.0 Å². The zero-order chi connectivity index (χ0) is 57.0. The number of aromatic hydroxyl groups is 1. The summed E-state index contributed by atoms with van der Waals surface area (Å²) in [7, 11) is 0. The first kappa shape index (κ1) is 55.4. The third kappa shape index (κ3) is 10.7. The Bertz CT molecular complexity index is 3510. The summed E-state index contributed by atoms with van der Waals surface area (Å²) in [5.41, 5.74) is 4.07. The molecule has 5 aliphatic rings. The Morgan fingerprint density at radius 2 is 1.77 bits per heavy atom. The maximum Gasteiger partial charge on any atom is 0.319 e. The van der Waals surface area contributed by atoms with Gasteiger partial charge in [-0.25, -0.2) is 9.37 Å². The number of hydrogen-bond acceptors (Lipinski definition) is 17. The number of piperazine rings is 1. The lowest BCUT2D eigenvalue weighted by atomic mass is 9.77. The molecule has 2 bridgehead atoms. The third-order valence-corrected chi connectivity index (χ3v) is 19.1. The number of ketones is 1. The Hall–Kier alpha value is -7.13. The number of aliphatic hydroxyl groups excluding tert-OH is 1. The van der Waals surface area contributed by atoms with Gasteiger partial charge in [0.1, 0.15) is 35.1 Å². The van der Waals surface area contributed by atoms with Crippen LogP contribution in [0.5, 0.6) is 11.8 Å². The molecule has 4 aromatic heterocycles. The molecule has 430 valence electrons. The number of hydrogen-bond donors (Lipinski definition) is 4. The quantitative estimate of drug-likeness (QED) is 0.0443. The Kier molecular flexibility index (Phi) is 15.2. The molecule has 0 radical (unpaired) electrons. The minimum atomic E-state index is -1.59. The lowest BCUT2D eigenvalue weighted by Gasteiger charge is -2.42. The van der Waals surface area contributed by atoms with Gasteiger partial charge < -0.3 is 39.5 Å². The van der Waals surface area contributed by atoms with Crippen molar-refractivity contribution in [3.05, 3.63) is 101 Å². The van der Waals surface area contributed by atoms with E-state index < -0.39 is 28.8 Å². The SMILES string of the molecule is CCc1cccc2cc(O)cc(-c3ncc4c(N5CC6CCC(C5)N6C=O)nc(OCCN5CCC(CC6CN(c7cc(C(C)(C)CC(=O)[C@@]8(C(=O)N[C@@H](C)c9ccc(-c%10scnc%10C)cc9)CC(O)CN8)on7)C6)CC5)nc4c3F)c12. The van der Waals surface area contributed by atoms with E-state index in [2.05, 4.69) is 35.5 Å². The summed E-state index contributed by atoms with van der Waals surface area (Å²) < 4.78 is 29.4. The van der Waals surface area contributed by atoms with Crippen molar-refractivity contribution in [1.29, 1.82) is 0 Å². The van der Waals surface area contributed by atoms with E-state index >= 15 is 4.39 Å². The predicted octanol–water partition coefficient (Wildman–Crippen LogP) is 8.31. The number of piperidine rings is 1. The van der Waals surface area contributed by atoms with Crippen LogP contribution in [0.3, 0.4) is 0 Å². The summed E-state index contributed by atoms with van der Waals surface area (Å²) >= 11 is 1.58. The molecule has 0 aliphatic carbocycles. The van der Waals surface area contributed by atoms with Crippen molar-refractivity contribution in [3.63, 3.8) is 0 Å². The fourth-order valence-corrected chi connectivity index (χ4v) is 14.2. The number of benzene rings is 3. The number of aliphatic hydroxyl groups is 1. The zero-order valence-electron chi connectivity index (χ0n) is 47.2. The molecule has 5 saturated heterocycles. The Labute approximate surface area is 480 Å². The lowest BCUT2D eigenvalue weighted by Crippen LogP contribution is -2.60. The highest BCUT2D eigenvalue weighted by molar-refractivity contribution is 7.13. The second kappa shape index (κ2) is 22.6. The van der Waals surface area contributed by atoms with Crippen LogP contribution in [-0.2, 0) is 26.2 Å². The summed E-state index contributed by atoms with van der Waals surface area (Å²) in [5.74, 6) is 1.57. The van der Waals surface area contributed by atoms with Gasteiger partial charge in [-0.3, -0.25) is 29.6 Å². The number of likely N-dealkylation sites (tertiary alicyclic amines) is 1. The molecule has 18 nitrogen and oxygen atoms in total. The van der Waals surface area contributed by atoms with E-state index in [1.54, 1.807) is 29.7 Å². The number of pyridine rings is 1. The smallest absolute Gasteiger partial charge is 0.319 e. The summed E-state index contributed by atoms with van der Waals surface area (Å²) in [6, 6.07) is 18.8. The predicted molar refractivity (Wildman–Crippen MR) is 313 cm³/mol. The van der Waals surface area contributed by atoms with E-state index in [1.165, 1.54) is 0 Å². The molecule has 12 rings (SSSR count). The van der Waals surface area contributed by atoms with Crippen LogP contribution in [0, 0.1) is 24.6 Å². The number of carbonyl (C=O) groups is 3. The van der Waals surface area contributed by atoms with Crippen LogP contribution < -0.4 is 25.2 Å². The number of halogens is 1. The lowest BCUT2D eigenvalue weighted by molar-refractivity contribution is -0.138. The number of Topliss-reactive ketones (excluding diaryl/α,β-unsaturated/α-hetero) is 1. The number of phenols is 1. The Morgan fingerprint density at radius 3 is 2.46 bits per heavy atom. The van der Waals surface area contributed by atoms with Crippen LogP contribution in [-0.4, -0.2) is 146 Å². The monoisotopic (exact) mass is 1130 g/mol. The van der Waals surface area contributed by atoms with E-state index in [9.17, 15) is 24.6 Å². The summed E-state index contributed by atoms with van der Waals surface area (Å²) in [5, 5.41) is 34.2. The van der Waals surface area contributed by atoms with Crippen molar-refractivity contribution in [2.24, 2.45) is 11.8 Å². The van der Waals surface area contributed by atoms with Crippen LogP contribution in [0.15, 0.2) is 76.9 Å². The molecule has 82 heavy (non-hydrogen) atoms. The second-order valence-electron chi connectivity index (χ2n) is 24.1. The molecule has 4 N–H and O–H groups in total. The fraction of sp³-hybridized carbons (Fsp3) is 0.484. The summed E-state index contributed by atoms with van der Waals surface area (Å²) in [6.07, 6.45) is 7.44. The number of fused-ring (bicyclic) bond motifs is 4. The van der Waals surface area contributed by atoms with Gasteiger partial charge in [0.25, 0.3) is 0 Å². The number of carbonyl (C=O) groups excluding carboxylic acids is 3. The van der Waals surface area contributed by atoms with E-state index in [4.69, 9.17) is 24.2 Å². The van der Waals surface area contributed by atoms with E-state index in [0.29, 0.717) is 67.0 Å². The first-order valence-corrected chi connectivity index (χ1v) is 29.9. The van der Waals surface area contributed by atoms with Gasteiger partial charge in [-0.2, -0.15) is 9.97 Å². The number of β-amino-alcohol motifs (C(OH)–C–C–N with tert-alkyl or cyclic N) is 1.